The molecule has 1 saturated heterocycles. The number of primary amides is 1. The number of piperidine rings is 1. The summed E-state index contributed by atoms with van der Waals surface area (Å²) in [5.74, 6) is -0.479. The number of nitrogens with two attached hydrogens (primary N) is 1. The van der Waals surface area contributed by atoms with Crippen LogP contribution in [0.1, 0.15) is 24.8 Å². The summed E-state index contributed by atoms with van der Waals surface area (Å²) < 4.78 is 38.1. The number of hydrogen-bond donors (Lipinski definition) is 2. The number of benzene rings is 1. The maximum atomic E-state index is 12.7. The van der Waals surface area contributed by atoms with E-state index in [4.69, 9.17) is 18.0 Å². The van der Waals surface area contributed by atoms with Crippen LogP contribution >= 0.6 is 12.2 Å². The molecule has 8 heteroatoms. The van der Waals surface area contributed by atoms with Crippen LogP contribution in [0.5, 0.6) is 0 Å². The van der Waals surface area contributed by atoms with Gasteiger partial charge in [0.05, 0.1) is 5.56 Å². The first-order chi connectivity index (χ1) is 10.3. The van der Waals surface area contributed by atoms with Gasteiger partial charge in [-0.2, -0.15) is 13.2 Å². The van der Waals surface area contributed by atoms with Crippen LogP contribution in [0.15, 0.2) is 24.3 Å². The topological polar surface area (TPSA) is 58.4 Å². The molecular formula is C14H16F3N3OS. The summed E-state index contributed by atoms with van der Waals surface area (Å²) in [6.07, 6.45) is -2.09. The molecule has 120 valence electrons. The van der Waals surface area contributed by atoms with Crippen molar-refractivity contribution in [2.75, 3.05) is 11.9 Å². The zero-order valence-corrected chi connectivity index (χ0v) is 12.5. The lowest BCUT2D eigenvalue weighted by Crippen LogP contribution is -2.51. The molecule has 0 aliphatic carbocycles. The normalized spacial score (nSPS) is 18.9. The summed E-state index contributed by atoms with van der Waals surface area (Å²) in [7, 11) is 0. The smallest absolute Gasteiger partial charge is 0.368 e. The van der Waals surface area contributed by atoms with E-state index >= 15 is 0 Å². The molecule has 1 unspecified atom stereocenters. The van der Waals surface area contributed by atoms with Gasteiger partial charge in [0.15, 0.2) is 5.11 Å². The maximum Gasteiger partial charge on any atom is 0.416 e. The minimum absolute atomic E-state index is 0.211. The van der Waals surface area contributed by atoms with Gasteiger partial charge in [0.25, 0.3) is 0 Å². The predicted octanol–water partition coefficient (Wildman–Crippen LogP) is 2.74. The Bertz CT molecular complexity index is 577. The summed E-state index contributed by atoms with van der Waals surface area (Å²) in [5, 5.41) is 2.97. The van der Waals surface area contributed by atoms with E-state index in [1.54, 1.807) is 4.90 Å². The lowest BCUT2D eigenvalue weighted by molar-refractivity contribution is -0.137. The van der Waals surface area contributed by atoms with Gasteiger partial charge in [-0.05, 0) is 49.7 Å². The number of halogens is 3. The second kappa shape index (κ2) is 6.51. The number of rotatable bonds is 2. The van der Waals surface area contributed by atoms with E-state index in [0.717, 1.165) is 25.0 Å². The summed E-state index contributed by atoms with van der Waals surface area (Å²) >= 11 is 5.21. The van der Waals surface area contributed by atoms with Crippen LogP contribution in [0, 0.1) is 0 Å². The largest absolute Gasteiger partial charge is 0.416 e. The van der Waals surface area contributed by atoms with E-state index in [9.17, 15) is 18.0 Å². The summed E-state index contributed by atoms with van der Waals surface area (Å²) in [6.45, 7) is 0.554. The van der Waals surface area contributed by atoms with Crippen molar-refractivity contribution in [3.05, 3.63) is 29.8 Å². The van der Waals surface area contributed by atoms with Crippen molar-refractivity contribution in [3.63, 3.8) is 0 Å². The molecule has 1 aromatic rings. The molecule has 1 amide bonds. The molecule has 1 fully saturated rings. The van der Waals surface area contributed by atoms with Crippen LogP contribution in [-0.2, 0) is 11.0 Å². The van der Waals surface area contributed by atoms with Crippen molar-refractivity contribution in [1.82, 2.24) is 4.90 Å². The van der Waals surface area contributed by atoms with E-state index in [1.165, 1.54) is 12.1 Å². The Morgan fingerprint density at radius 2 is 2.09 bits per heavy atom. The van der Waals surface area contributed by atoms with E-state index in [2.05, 4.69) is 5.32 Å². The SMILES string of the molecule is NC(=O)C1CCCCN1C(=S)Nc1cccc(C(F)(F)F)c1. The van der Waals surface area contributed by atoms with Crippen LogP contribution in [0.2, 0.25) is 0 Å². The molecule has 1 aromatic carbocycles. The van der Waals surface area contributed by atoms with Crippen LogP contribution in [-0.4, -0.2) is 28.5 Å². The Morgan fingerprint density at radius 3 is 2.73 bits per heavy atom. The molecule has 0 aromatic heterocycles. The third-order valence-electron chi connectivity index (χ3n) is 3.53. The van der Waals surface area contributed by atoms with E-state index in [0.29, 0.717) is 13.0 Å². The average molecular weight is 331 g/mol. The van der Waals surface area contributed by atoms with Gasteiger partial charge in [-0.25, -0.2) is 0 Å². The van der Waals surface area contributed by atoms with Crippen molar-refractivity contribution >= 4 is 28.9 Å². The van der Waals surface area contributed by atoms with Gasteiger partial charge in [0.1, 0.15) is 6.04 Å². The van der Waals surface area contributed by atoms with Crippen molar-refractivity contribution in [2.45, 2.75) is 31.5 Å². The van der Waals surface area contributed by atoms with Gasteiger partial charge in [-0.3, -0.25) is 4.79 Å². The predicted molar refractivity (Wildman–Crippen MR) is 81.2 cm³/mol. The molecule has 1 aliphatic heterocycles. The fraction of sp³-hybridized carbons (Fsp3) is 0.429. The van der Waals surface area contributed by atoms with Gasteiger partial charge in [0, 0.05) is 12.2 Å². The number of alkyl halides is 3. The highest BCUT2D eigenvalue weighted by Gasteiger charge is 2.31. The molecule has 0 spiro atoms. The van der Waals surface area contributed by atoms with Crippen molar-refractivity contribution in [1.29, 1.82) is 0 Å². The summed E-state index contributed by atoms with van der Waals surface area (Å²) in [6, 6.07) is 4.25. The first-order valence-electron chi connectivity index (χ1n) is 6.83. The molecule has 4 nitrogen and oxygen atoms in total. The van der Waals surface area contributed by atoms with Crippen LogP contribution < -0.4 is 11.1 Å². The Morgan fingerprint density at radius 1 is 1.36 bits per heavy atom. The quantitative estimate of drug-likeness (QED) is 0.818. The summed E-state index contributed by atoms with van der Waals surface area (Å²) in [5.41, 5.74) is 4.82. The molecule has 2 rings (SSSR count). The lowest BCUT2D eigenvalue weighted by Gasteiger charge is -2.35. The van der Waals surface area contributed by atoms with E-state index in [-0.39, 0.29) is 10.8 Å². The van der Waals surface area contributed by atoms with Crippen LogP contribution in [0.25, 0.3) is 0 Å². The van der Waals surface area contributed by atoms with Gasteiger partial charge in [-0.15, -0.1) is 0 Å². The number of carbonyl (C=O) groups excluding carboxylic acids is 1. The zero-order chi connectivity index (χ0) is 16.3. The van der Waals surface area contributed by atoms with Crippen molar-refractivity contribution in [3.8, 4) is 0 Å². The third-order valence-corrected chi connectivity index (χ3v) is 3.87. The van der Waals surface area contributed by atoms with E-state index in [1.807, 2.05) is 0 Å². The lowest BCUT2D eigenvalue weighted by atomic mass is 10.0. The second-order valence-corrected chi connectivity index (χ2v) is 5.50. The molecule has 0 saturated carbocycles. The van der Waals surface area contributed by atoms with Gasteiger partial charge >= 0.3 is 6.18 Å². The monoisotopic (exact) mass is 331 g/mol. The Hall–Kier alpha value is -1.83. The fourth-order valence-electron chi connectivity index (χ4n) is 2.44. The molecule has 22 heavy (non-hydrogen) atoms. The highest BCUT2D eigenvalue weighted by atomic mass is 32.1. The fourth-order valence-corrected chi connectivity index (χ4v) is 2.78. The van der Waals surface area contributed by atoms with E-state index < -0.39 is 23.7 Å². The first kappa shape index (κ1) is 16.5. The maximum absolute atomic E-state index is 12.7. The van der Waals surface area contributed by atoms with Gasteiger partial charge in [0.2, 0.25) is 5.91 Å². The molecule has 1 atom stereocenters. The highest BCUT2D eigenvalue weighted by molar-refractivity contribution is 7.80. The molecule has 1 aliphatic rings. The van der Waals surface area contributed by atoms with Crippen molar-refractivity contribution in [2.24, 2.45) is 5.73 Å². The minimum atomic E-state index is -4.42. The number of nitrogens with zero attached hydrogens (tertiary/aromatic N) is 1. The first-order valence-corrected chi connectivity index (χ1v) is 7.24. The third kappa shape index (κ3) is 3.88. The van der Waals surface area contributed by atoms with Crippen LogP contribution in [0.4, 0.5) is 18.9 Å². The Labute approximate surface area is 131 Å². The number of carbonyl (C=O) groups is 1. The standard InChI is InChI=1S/C14H16F3N3OS/c15-14(16,17)9-4-3-5-10(8-9)19-13(22)20-7-2-1-6-11(20)12(18)21/h3-5,8,11H,1-2,6-7H2,(H2,18,21)(H,19,22). The number of hydrogen-bond acceptors (Lipinski definition) is 2. The average Bonchev–Trinajstić information content (AvgIpc) is 2.46. The number of likely N-dealkylation sites (tertiary alicyclic amines) is 1. The number of amides is 1. The molecule has 0 bridgehead atoms. The van der Waals surface area contributed by atoms with Gasteiger partial charge < -0.3 is 16.0 Å². The number of nitrogens with one attached hydrogen (secondary N) is 1. The highest BCUT2D eigenvalue weighted by Crippen LogP contribution is 2.30. The van der Waals surface area contributed by atoms with Crippen LogP contribution in [0.3, 0.4) is 0 Å². The van der Waals surface area contributed by atoms with Crippen molar-refractivity contribution < 1.29 is 18.0 Å². The Balaban J connectivity index is 2.12. The molecular weight excluding hydrogens is 315 g/mol. The molecule has 0 radical (unpaired) electrons. The molecule has 1 heterocycles. The van der Waals surface area contributed by atoms with Gasteiger partial charge in [-0.1, -0.05) is 6.07 Å². The number of anilines is 1. The summed E-state index contributed by atoms with van der Waals surface area (Å²) in [4.78, 5) is 13.1. The Kier molecular flexibility index (Phi) is 4.90. The minimum Gasteiger partial charge on any atom is -0.368 e. The zero-order valence-electron chi connectivity index (χ0n) is 11.7. The number of thiocarbonyl (C=S) groups is 1. The molecule has 3 N–H and O–H groups in total. The second-order valence-electron chi connectivity index (χ2n) is 5.12.